The lowest BCUT2D eigenvalue weighted by Crippen LogP contribution is -2.51. The number of rotatable bonds is 6. The Hall–Kier alpha value is -0.170. The molecule has 6 heteroatoms. The first-order valence-electron chi connectivity index (χ1n) is 6.27. The van der Waals surface area contributed by atoms with E-state index in [4.69, 9.17) is 10.5 Å². The second-order valence-corrected chi connectivity index (χ2v) is 6.59. The van der Waals surface area contributed by atoms with Crippen molar-refractivity contribution < 1.29 is 13.2 Å². The molecule has 0 aromatic rings. The van der Waals surface area contributed by atoms with Gasteiger partial charge in [-0.05, 0) is 19.3 Å². The van der Waals surface area contributed by atoms with Crippen molar-refractivity contribution in [1.82, 2.24) is 4.31 Å². The molecule has 0 saturated carbocycles. The largest absolute Gasteiger partial charge is 0.381 e. The minimum atomic E-state index is -3.14. The van der Waals surface area contributed by atoms with E-state index in [1.807, 2.05) is 6.92 Å². The van der Waals surface area contributed by atoms with Crippen molar-refractivity contribution >= 4 is 10.0 Å². The van der Waals surface area contributed by atoms with Crippen LogP contribution in [0, 0.1) is 0 Å². The number of hydrogen-bond acceptors (Lipinski definition) is 4. The van der Waals surface area contributed by atoms with E-state index in [0.29, 0.717) is 25.9 Å². The Morgan fingerprint density at radius 3 is 2.71 bits per heavy atom. The maximum Gasteiger partial charge on any atom is 0.214 e. The van der Waals surface area contributed by atoms with Gasteiger partial charge in [0.25, 0.3) is 0 Å². The summed E-state index contributed by atoms with van der Waals surface area (Å²) in [6, 6.07) is -0.101. The van der Waals surface area contributed by atoms with Crippen LogP contribution in [0.15, 0.2) is 0 Å². The Morgan fingerprint density at radius 2 is 2.18 bits per heavy atom. The average Bonchev–Trinajstić information content (AvgIpc) is 2.35. The van der Waals surface area contributed by atoms with Gasteiger partial charge >= 0.3 is 0 Å². The van der Waals surface area contributed by atoms with Crippen molar-refractivity contribution in [3.63, 3.8) is 0 Å². The van der Waals surface area contributed by atoms with Crippen molar-refractivity contribution in [2.24, 2.45) is 5.73 Å². The van der Waals surface area contributed by atoms with Crippen LogP contribution in [0.1, 0.15) is 32.6 Å². The van der Waals surface area contributed by atoms with Crippen LogP contribution in [0.4, 0.5) is 0 Å². The summed E-state index contributed by atoms with van der Waals surface area (Å²) in [5.41, 5.74) is 5.67. The van der Waals surface area contributed by atoms with Crippen LogP contribution >= 0.6 is 0 Å². The van der Waals surface area contributed by atoms with Crippen LogP contribution in [0.25, 0.3) is 0 Å². The third-order valence-corrected chi connectivity index (χ3v) is 5.33. The van der Waals surface area contributed by atoms with Crippen LogP contribution in [0.5, 0.6) is 0 Å². The summed E-state index contributed by atoms with van der Waals surface area (Å²) in [7, 11) is -1.47. The number of sulfonamides is 1. The maximum atomic E-state index is 12.1. The molecule has 2 atom stereocenters. The molecule has 0 spiro atoms. The van der Waals surface area contributed by atoms with Gasteiger partial charge in [0.2, 0.25) is 10.0 Å². The summed E-state index contributed by atoms with van der Waals surface area (Å²) in [6.45, 7) is 2.89. The third-order valence-electron chi connectivity index (χ3n) is 3.33. The van der Waals surface area contributed by atoms with E-state index in [0.717, 1.165) is 12.8 Å². The second kappa shape index (κ2) is 6.68. The smallest absolute Gasteiger partial charge is 0.214 e. The normalized spacial score (nSPS) is 27.2. The second-order valence-electron chi connectivity index (χ2n) is 4.55. The Labute approximate surface area is 104 Å². The summed E-state index contributed by atoms with van der Waals surface area (Å²) < 4.78 is 31.1. The van der Waals surface area contributed by atoms with Crippen LogP contribution in [-0.2, 0) is 14.8 Å². The fourth-order valence-corrected chi connectivity index (χ4v) is 4.13. The van der Waals surface area contributed by atoms with Gasteiger partial charge in [-0.1, -0.05) is 13.3 Å². The molecule has 1 rings (SSSR count). The molecule has 1 saturated heterocycles. The SMILES string of the molecule is CCCCS(=O)(=O)N1CCC(OC)CC1CN. The highest BCUT2D eigenvalue weighted by Crippen LogP contribution is 2.22. The lowest BCUT2D eigenvalue weighted by atomic mass is 10.0. The molecular weight excluding hydrogens is 240 g/mol. The molecule has 0 bridgehead atoms. The van der Waals surface area contributed by atoms with Gasteiger partial charge in [0.05, 0.1) is 11.9 Å². The minimum Gasteiger partial charge on any atom is -0.381 e. The zero-order valence-corrected chi connectivity index (χ0v) is 11.6. The Kier molecular flexibility index (Phi) is 5.85. The molecule has 1 heterocycles. The molecule has 0 aromatic carbocycles. The molecule has 1 fully saturated rings. The van der Waals surface area contributed by atoms with Gasteiger partial charge in [0, 0.05) is 26.2 Å². The fourth-order valence-electron chi connectivity index (χ4n) is 2.23. The molecule has 2 N–H and O–H groups in total. The van der Waals surface area contributed by atoms with E-state index >= 15 is 0 Å². The lowest BCUT2D eigenvalue weighted by Gasteiger charge is -2.37. The van der Waals surface area contributed by atoms with Crippen molar-refractivity contribution in [2.45, 2.75) is 44.8 Å². The van der Waals surface area contributed by atoms with Gasteiger partial charge in [-0.25, -0.2) is 8.42 Å². The van der Waals surface area contributed by atoms with E-state index in [1.165, 1.54) is 0 Å². The topological polar surface area (TPSA) is 72.6 Å². The highest BCUT2D eigenvalue weighted by molar-refractivity contribution is 7.89. The first-order chi connectivity index (χ1) is 8.05. The number of piperidine rings is 1. The molecule has 2 unspecified atom stereocenters. The van der Waals surface area contributed by atoms with Crippen molar-refractivity contribution in [2.75, 3.05) is 26.0 Å². The van der Waals surface area contributed by atoms with E-state index < -0.39 is 10.0 Å². The summed E-state index contributed by atoms with van der Waals surface area (Å²) in [5.74, 6) is 0.234. The van der Waals surface area contributed by atoms with Crippen molar-refractivity contribution in [1.29, 1.82) is 0 Å². The first-order valence-corrected chi connectivity index (χ1v) is 7.88. The van der Waals surface area contributed by atoms with Crippen molar-refractivity contribution in [3.8, 4) is 0 Å². The standard InChI is InChI=1S/C11H24N2O3S/c1-3-4-7-17(14,15)13-6-5-11(16-2)8-10(13)9-12/h10-11H,3-9,12H2,1-2H3. The van der Waals surface area contributed by atoms with Gasteiger partial charge in [-0.3, -0.25) is 0 Å². The zero-order valence-electron chi connectivity index (χ0n) is 10.8. The Morgan fingerprint density at radius 1 is 1.47 bits per heavy atom. The molecule has 0 aliphatic carbocycles. The lowest BCUT2D eigenvalue weighted by molar-refractivity contribution is 0.0401. The maximum absolute atomic E-state index is 12.1. The van der Waals surface area contributed by atoms with E-state index in [-0.39, 0.29) is 17.9 Å². The van der Waals surface area contributed by atoms with Crippen LogP contribution in [0.2, 0.25) is 0 Å². The monoisotopic (exact) mass is 264 g/mol. The summed E-state index contributed by atoms with van der Waals surface area (Å²) in [6.07, 6.45) is 3.21. The summed E-state index contributed by atoms with van der Waals surface area (Å²) in [4.78, 5) is 0. The summed E-state index contributed by atoms with van der Waals surface area (Å²) in [5, 5.41) is 0. The third kappa shape index (κ3) is 3.91. The molecule has 17 heavy (non-hydrogen) atoms. The molecule has 0 radical (unpaired) electrons. The summed E-state index contributed by atoms with van der Waals surface area (Å²) >= 11 is 0. The predicted octanol–water partition coefficient (Wildman–Crippen LogP) is 0.554. The van der Waals surface area contributed by atoms with Crippen LogP contribution in [0.3, 0.4) is 0 Å². The van der Waals surface area contributed by atoms with Gasteiger partial charge in [0.15, 0.2) is 0 Å². The molecular formula is C11H24N2O3S. The van der Waals surface area contributed by atoms with E-state index in [9.17, 15) is 8.42 Å². The van der Waals surface area contributed by atoms with Gasteiger partial charge in [0.1, 0.15) is 0 Å². The molecule has 0 amide bonds. The fraction of sp³-hybridized carbons (Fsp3) is 1.00. The van der Waals surface area contributed by atoms with Gasteiger partial charge in [-0.2, -0.15) is 4.31 Å². The number of ether oxygens (including phenoxy) is 1. The van der Waals surface area contributed by atoms with E-state index in [1.54, 1.807) is 11.4 Å². The van der Waals surface area contributed by atoms with E-state index in [2.05, 4.69) is 0 Å². The molecule has 1 aliphatic rings. The van der Waals surface area contributed by atoms with Crippen LogP contribution < -0.4 is 5.73 Å². The quantitative estimate of drug-likeness (QED) is 0.760. The number of unbranched alkanes of at least 4 members (excludes halogenated alkanes) is 1. The predicted molar refractivity (Wildman–Crippen MR) is 68.3 cm³/mol. The first kappa shape index (κ1) is 14.9. The number of nitrogens with zero attached hydrogens (tertiary/aromatic N) is 1. The molecule has 1 aliphatic heterocycles. The van der Waals surface area contributed by atoms with Crippen molar-refractivity contribution in [3.05, 3.63) is 0 Å². The molecule has 102 valence electrons. The zero-order chi connectivity index (χ0) is 12.9. The Balaban J connectivity index is 2.69. The highest BCUT2D eigenvalue weighted by atomic mass is 32.2. The Bertz CT molecular complexity index is 319. The van der Waals surface area contributed by atoms with Crippen LogP contribution in [-0.4, -0.2) is 50.8 Å². The number of nitrogens with two attached hydrogens (primary N) is 1. The highest BCUT2D eigenvalue weighted by Gasteiger charge is 2.34. The number of hydrogen-bond donors (Lipinski definition) is 1. The molecule has 0 aromatic heterocycles. The van der Waals surface area contributed by atoms with Gasteiger partial charge in [-0.15, -0.1) is 0 Å². The number of methoxy groups -OCH3 is 1. The molecule has 5 nitrogen and oxygen atoms in total. The average molecular weight is 264 g/mol. The minimum absolute atomic E-state index is 0.101. The van der Waals surface area contributed by atoms with Gasteiger partial charge < -0.3 is 10.5 Å².